The zero-order chi connectivity index (χ0) is 21.5. The monoisotopic (exact) mass is 416 g/mol. The topological polar surface area (TPSA) is 55.2 Å². The van der Waals surface area contributed by atoms with Crippen molar-refractivity contribution in [1.29, 1.82) is 0 Å². The van der Waals surface area contributed by atoms with Crippen molar-refractivity contribution in [2.24, 2.45) is 0 Å². The highest BCUT2D eigenvalue weighted by Crippen LogP contribution is 2.34. The maximum absolute atomic E-state index is 11.2. The lowest BCUT2D eigenvalue weighted by Gasteiger charge is -2.17. The molecule has 4 heteroatoms. The Morgan fingerprint density at radius 1 is 0.625 bits per heavy atom. The smallest absolute Gasteiger partial charge is 0.129 e. The first-order valence-corrected chi connectivity index (χ1v) is 10.6. The Morgan fingerprint density at radius 2 is 1.19 bits per heavy atom. The number of fused-ring (bicyclic) bond motifs is 6. The van der Waals surface area contributed by atoms with Crippen molar-refractivity contribution in [3.05, 3.63) is 103 Å². The molecular formula is C28H20N2O2. The van der Waals surface area contributed by atoms with E-state index in [1.807, 2.05) is 54.6 Å². The average Bonchev–Trinajstić information content (AvgIpc) is 2.86. The first-order chi connectivity index (χ1) is 15.8. The summed E-state index contributed by atoms with van der Waals surface area (Å²) in [6.07, 6.45) is 2.78. The summed E-state index contributed by atoms with van der Waals surface area (Å²) in [6.45, 7) is 0.130. The number of hydrogen-bond donors (Lipinski definition) is 1. The van der Waals surface area contributed by atoms with Crippen LogP contribution in [-0.4, -0.2) is 21.7 Å². The van der Waals surface area contributed by atoms with E-state index in [0.29, 0.717) is 5.75 Å². The Labute approximate surface area is 184 Å². The minimum absolute atomic E-state index is 0.130. The Balaban J connectivity index is 1.41. The number of aliphatic hydroxyl groups excluding tert-OH is 1. The number of aromatic nitrogens is 2. The van der Waals surface area contributed by atoms with Gasteiger partial charge in [0.05, 0.1) is 16.4 Å². The molecule has 4 aromatic carbocycles. The predicted octanol–water partition coefficient (Wildman–Crippen LogP) is 6.20. The minimum atomic E-state index is -0.801. The summed E-state index contributed by atoms with van der Waals surface area (Å²) in [5.74, 6) is 0.717. The largest absolute Gasteiger partial charge is 0.490 e. The molecule has 32 heavy (non-hydrogen) atoms. The molecule has 0 aliphatic carbocycles. The van der Waals surface area contributed by atoms with Crippen LogP contribution in [0.5, 0.6) is 5.75 Å². The average molecular weight is 416 g/mol. The molecule has 0 fully saturated rings. The second kappa shape index (κ2) is 7.59. The van der Waals surface area contributed by atoms with Crippen LogP contribution in [0.2, 0.25) is 0 Å². The van der Waals surface area contributed by atoms with Gasteiger partial charge in [0.1, 0.15) is 18.5 Å². The zero-order valence-electron chi connectivity index (χ0n) is 17.3. The first-order valence-electron chi connectivity index (χ1n) is 10.6. The van der Waals surface area contributed by atoms with Gasteiger partial charge in [0, 0.05) is 28.6 Å². The number of aliphatic hydroxyl groups is 1. The van der Waals surface area contributed by atoms with Crippen molar-refractivity contribution in [3.8, 4) is 5.75 Å². The highest BCUT2D eigenvalue weighted by molar-refractivity contribution is 6.08. The van der Waals surface area contributed by atoms with Crippen LogP contribution in [0.3, 0.4) is 0 Å². The highest BCUT2D eigenvalue weighted by Gasteiger charge is 2.16. The Kier molecular flexibility index (Phi) is 4.44. The molecule has 0 aliphatic heterocycles. The van der Waals surface area contributed by atoms with Gasteiger partial charge in [-0.1, -0.05) is 66.7 Å². The molecule has 0 saturated carbocycles. The van der Waals surface area contributed by atoms with Crippen molar-refractivity contribution in [2.45, 2.75) is 6.10 Å². The van der Waals surface area contributed by atoms with Gasteiger partial charge in [-0.2, -0.15) is 0 Å². The van der Waals surface area contributed by atoms with Crippen LogP contribution in [0.4, 0.5) is 0 Å². The Bertz CT molecular complexity index is 1610. The number of nitrogens with zero attached hydrogens (tertiary/aromatic N) is 2. The van der Waals surface area contributed by atoms with E-state index in [0.717, 1.165) is 48.9 Å². The summed E-state index contributed by atoms with van der Waals surface area (Å²) in [4.78, 5) is 9.17. The quantitative estimate of drug-likeness (QED) is 0.348. The molecule has 6 rings (SSSR count). The fourth-order valence-corrected chi connectivity index (χ4v) is 4.48. The molecule has 2 aromatic heterocycles. The third-order valence-electron chi connectivity index (χ3n) is 5.98. The van der Waals surface area contributed by atoms with Gasteiger partial charge in [-0.25, -0.2) is 0 Å². The lowest BCUT2D eigenvalue weighted by molar-refractivity contribution is 0.110. The molecule has 0 radical (unpaired) electrons. The van der Waals surface area contributed by atoms with Crippen molar-refractivity contribution >= 4 is 43.4 Å². The third kappa shape index (κ3) is 3.04. The fourth-order valence-electron chi connectivity index (χ4n) is 4.48. The van der Waals surface area contributed by atoms with Crippen LogP contribution in [0, 0.1) is 0 Å². The number of rotatable bonds is 4. The third-order valence-corrected chi connectivity index (χ3v) is 5.98. The van der Waals surface area contributed by atoms with Gasteiger partial charge in [-0.3, -0.25) is 9.97 Å². The summed E-state index contributed by atoms with van der Waals surface area (Å²) in [6, 6.07) is 28.1. The summed E-state index contributed by atoms with van der Waals surface area (Å²) >= 11 is 0. The van der Waals surface area contributed by atoms with Gasteiger partial charge in [-0.15, -0.1) is 0 Å². The van der Waals surface area contributed by atoms with Crippen LogP contribution in [0.15, 0.2) is 97.3 Å². The van der Waals surface area contributed by atoms with E-state index in [2.05, 4.69) is 40.3 Å². The predicted molar refractivity (Wildman–Crippen MR) is 129 cm³/mol. The molecule has 0 bridgehead atoms. The number of hydrogen-bond acceptors (Lipinski definition) is 4. The lowest BCUT2D eigenvalue weighted by atomic mass is 9.98. The molecular weight excluding hydrogens is 396 g/mol. The van der Waals surface area contributed by atoms with Crippen LogP contribution in [0.1, 0.15) is 11.7 Å². The molecule has 2 heterocycles. The van der Waals surface area contributed by atoms with Gasteiger partial charge < -0.3 is 9.84 Å². The number of pyridine rings is 2. The van der Waals surface area contributed by atoms with E-state index in [1.165, 1.54) is 0 Å². The summed E-state index contributed by atoms with van der Waals surface area (Å²) in [5, 5.41) is 17.3. The summed E-state index contributed by atoms with van der Waals surface area (Å²) in [7, 11) is 0. The van der Waals surface area contributed by atoms with Crippen LogP contribution >= 0.6 is 0 Å². The van der Waals surface area contributed by atoms with Crippen molar-refractivity contribution < 1.29 is 9.84 Å². The number of benzene rings is 4. The molecule has 6 aromatic rings. The van der Waals surface area contributed by atoms with Gasteiger partial charge >= 0.3 is 0 Å². The molecule has 1 N–H and O–H groups in total. The van der Waals surface area contributed by atoms with E-state index in [9.17, 15) is 5.11 Å². The number of ether oxygens (including phenoxy) is 1. The minimum Gasteiger partial charge on any atom is -0.490 e. The van der Waals surface area contributed by atoms with E-state index in [1.54, 1.807) is 12.4 Å². The SMILES string of the molecule is O[C@@H](COc1cccc2ccc3cccnc3c12)c1cccc2ccc3cccnc3c12. The lowest BCUT2D eigenvalue weighted by Crippen LogP contribution is -2.10. The van der Waals surface area contributed by atoms with E-state index < -0.39 is 6.10 Å². The van der Waals surface area contributed by atoms with Gasteiger partial charge in [0.15, 0.2) is 0 Å². The maximum atomic E-state index is 11.2. The highest BCUT2D eigenvalue weighted by atomic mass is 16.5. The van der Waals surface area contributed by atoms with E-state index >= 15 is 0 Å². The van der Waals surface area contributed by atoms with E-state index in [4.69, 9.17) is 4.74 Å². The molecule has 1 atom stereocenters. The van der Waals surface area contributed by atoms with Gasteiger partial charge in [0.25, 0.3) is 0 Å². The Morgan fingerprint density at radius 3 is 1.91 bits per heavy atom. The molecule has 0 unspecified atom stereocenters. The Hall–Kier alpha value is -4.02. The van der Waals surface area contributed by atoms with Crippen LogP contribution < -0.4 is 4.74 Å². The summed E-state index contributed by atoms with van der Waals surface area (Å²) in [5.41, 5.74) is 2.60. The van der Waals surface area contributed by atoms with Crippen LogP contribution in [-0.2, 0) is 0 Å². The summed E-state index contributed by atoms with van der Waals surface area (Å²) < 4.78 is 6.19. The zero-order valence-corrected chi connectivity index (χ0v) is 17.3. The molecule has 0 amide bonds. The molecule has 4 nitrogen and oxygen atoms in total. The molecule has 0 saturated heterocycles. The second-order valence-corrected chi connectivity index (χ2v) is 7.91. The molecule has 0 aliphatic rings. The van der Waals surface area contributed by atoms with E-state index in [-0.39, 0.29) is 6.61 Å². The van der Waals surface area contributed by atoms with Gasteiger partial charge in [-0.05, 0) is 34.5 Å². The molecule has 154 valence electrons. The van der Waals surface area contributed by atoms with Gasteiger partial charge in [0.2, 0.25) is 0 Å². The van der Waals surface area contributed by atoms with Crippen molar-refractivity contribution in [3.63, 3.8) is 0 Å². The van der Waals surface area contributed by atoms with Crippen LogP contribution in [0.25, 0.3) is 43.4 Å². The van der Waals surface area contributed by atoms with Crippen molar-refractivity contribution in [1.82, 2.24) is 9.97 Å². The molecule has 0 spiro atoms. The van der Waals surface area contributed by atoms with Crippen molar-refractivity contribution in [2.75, 3.05) is 6.61 Å². The normalized spacial score (nSPS) is 12.5. The second-order valence-electron chi connectivity index (χ2n) is 7.91. The first kappa shape index (κ1) is 18.7. The standard InChI is InChI=1S/C28H20N2O2/c31-23(22-9-1-5-18-11-13-20-7-3-15-29-27(20)25(18)22)17-32-24-10-2-6-19-12-14-21-8-4-16-30-28(21)26(19)24/h1-16,23,31H,17H2/t23-/m0/s1. The maximum Gasteiger partial charge on any atom is 0.129 e. The fraction of sp³-hybridized carbons (Fsp3) is 0.0714.